The molecule has 0 atom stereocenters. The van der Waals surface area contributed by atoms with E-state index in [4.69, 9.17) is 18.9 Å². The van der Waals surface area contributed by atoms with Crippen LogP contribution in [0.15, 0.2) is 72.8 Å². The van der Waals surface area contributed by atoms with Gasteiger partial charge in [0.2, 0.25) is 0 Å². The molecule has 33 heavy (non-hydrogen) atoms. The molecule has 1 amide bonds. The number of benzene rings is 3. The summed E-state index contributed by atoms with van der Waals surface area (Å²) in [5.74, 6) is 0.772. The SMILES string of the molecule is CCOc1ccccc1C(=O)OCC(=O)NC(c1ccc(OC)cc1)c1ccc(OC)cc1. The van der Waals surface area contributed by atoms with E-state index in [1.807, 2.05) is 55.5 Å². The molecule has 0 aliphatic rings. The van der Waals surface area contributed by atoms with Crippen LogP contribution in [0.1, 0.15) is 34.5 Å². The van der Waals surface area contributed by atoms with Gasteiger partial charge in [0, 0.05) is 0 Å². The van der Waals surface area contributed by atoms with Crippen molar-refractivity contribution in [3.63, 3.8) is 0 Å². The molecule has 0 spiro atoms. The standard InChI is InChI=1S/C26H27NO6/c1-4-32-23-8-6-5-7-22(23)26(29)33-17-24(28)27-25(18-9-13-20(30-2)14-10-18)19-11-15-21(31-3)16-12-19/h5-16,25H,4,17H2,1-3H3,(H,27,28). The van der Waals surface area contributed by atoms with Crippen LogP contribution in [0, 0.1) is 0 Å². The molecule has 0 aliphatic heterocycles. The maximum absolute atomic E-state index is 12.7. The fourth-order valence-corrected chi connectivity index (χ4v) is 3.28. The zero-order chi connectivity index (χ0) is 23.6. The van der Waals surface area contributed by atoms with Crippen molar-refractivity contribution in [3.05, 3.63) is 89.5 Å². The van der Waals surface area contributed by atoms with Crippen molar-refractivity contribution < 1.29 is 28.5 Å². The van der Waals surface area contributed by atoms with Crippen molar-refractivity contribution in [2.75, 3.05) is 27.4 Å². The average molecular weight is 450 g/mol. The number of carbonyl (C=O) groups is 2. The van der Waals surface area contributed by atoms with E-state index >= 15 is 0 Å². The molecule has 0 bridgehead atoms. The summed E-state index contributed by atoms with van der Waals surface area (Å²) in [4.78, 5) is 25.2. The Morgan fingerprint density at radius 2 is 1.36 bits per heavy atom. The first-order valence-corrected chi connectivity index (χ1v) is 10.5. The van der Waals surface area contributed by atoms with Crippen molar-refractivity contribution in [2.24, 2.45) is 0 Å². The van der Waals surface area contributed by atoms with Crippen LogP contribution >= 0.6 is 0 Å². The van der Waals surface area contributed by atoms with Gasteiger partial charge in [0.25, 0.3) is 5.91 Å². The van der Waals surface area contributed by atoms with Crippen molar-refractivity contribution >= 4 is 11.9 Å². The molecule has 1 N–H and O–H groups in total. The summed E-state index contributed by atoms with van der Waals surface area (Å²) in [5, 5.41) is 2.94. The highest BCUT2D eigenvalue weighted by Crippen LogP contribution is 2.26. The van der Waals surface area contributed by atoms with E-state index in [0.29, 0.717) is 23.9 Å². The second-order valence-corrected chi connectivity index (χ2v) is 7.05. The number of para-hydroxylation sites is 1. The van der Waals surface area contributed by atoms with Crippen LogP contribution in [0.3, 0.4) is 0 Å². The Morgan fingerprint density at radius 3 is 1.88 bits per heavy atom. The number of hydrogen-bond donors (Lipinski definition) is 1. The summed E-state index contributed by atoms with van der Waals surface area (Å²) in [6, 6.07) is 21.1. The van der Waals surface area contributed by atoms with Gasteiger partial charge in [0.15, 0.2) is 6.61 Å². The Hall–Kier alpha value is -4.00. The van der Waals surface area contributed by atoms with Gasteiger partial charge < -0.3 is 24.3 Å². The van der Waals surface area contributed by atoms with Crippen LogP contribution in [0.5, 0.6) is 17.2 Å². The van der Waals surface area contributed by atoms with Crippen LogP contribution in [0.25, 0.3) is 0 Å². The van der Waals surface area contributed by atoms with E-state index < -0.39 is 24.5 Å². The molecule has 0 radical (unpaired) electrons. The molecular weight excluding hydrogens is 422 g/mol. The van der Waals surface area contributed by atoms with Gasteiger partial charge in [-0.15, -0.1) is 0 Å². The maximum atomic E-state index is 12.7. The molecule has 3 aromatic carbocycles. The first-order valence-electron chi connectivity index (χ1n) is 10.5. The minimum Gasteiger partial charge on any atom is -0.497 e. The maximum Gasteiger partial charge on any atom is 0.342 e. The second kappa shape index (κ2) is 11.6. The van der Waals surface area contributed by atoms with E-state index in [0.717, 1.165) is 11.1 Å². The fraction of sp³-hybridized carbons (Fsp3) is 0.231. The molecule has 0 saturated heterocycles. The van der Waals surface area contributed by atoms with Gasteiger partial charge in [0.1, 0.15) is 22.8 Å². The van der Waals surface area contributed by atoms with Crippen LogP contribution in [-0.4, -0.2) is 39.3 Å². The Morgan fingerprint density at radius 1 is 0.818 bits per heavy atom. The number of nitrogens with one attached hydrogen (secondary N) is 1. The number of esters is 1. The molecule has 0 heterocycles. The van der Waals surface area contributed by atoms with Crippen LogP contribution in [0.4, 0.5) is 0 Å². The minimum absolute atomic E-state index is 0.272. The van der Waals surface area contributed by atoms with Crippen molar-refractivity contribution in [1.82, 2.24) is 5.32 Å². The van der Waals surface area contributed by atoms with Crippen LogP contribution < -0.4 is 19.5 Å². The normalized spacial score (nSPS) is 10.4. The van der Waals surface area contributed by atoms with Gasteiger partial charge in [-0.05, 0) is 54.4 Å². The molecule has 3 rings (SSSR count). The quantitative estimate of drug-likeness (QED) is 0.468. The highest BCUT2D eigenvalue weighted by atomic mass is 16.5. The average Bonchev–Trinajstić information content (AvgIpc) is 2.86. The first kappa shape index (κ1) is 23.7. The predicted molar refractivity (Wildman–Crippen MR) is 124 cm³/mol. The van der Waals surface area contributed by atoms with Gasteiger partial charge in [-0.3, -0.25) is 4.79 Å². The molecular formula is C26H27NO6. The summed E-state index contributed by atoms with van der Waals surface area (Å²) in [5.41, 5.74) is 1.97. The summed E-state index contributed by atoms with van der Waals surface area (Å²) in [6.45, 7) is 1.81. The smallest absolute Gasteiger partial charge is 0.342 e. The van der Waals surface area contributed by atoms with E-state index in [1.165, 1.54) is 0 Å². The number of carbonyl (C=O) groups excluding carboxylic acids is 2. The van der Waals surface area contributed by atoms with Gasteiger partial charge in [0.05, 0.1) is 26.9 Å². The Labute approximate surface area is 193 Å². The number of rotatable bonds is 10. The largest absolute Gasteiger partial charge is 0.497 e. The number of ether oxygens (including phenoxy) is 4. The van der Waals surface area contributed by atoms with Gasteiger partial charge in [-0.2, -0.15) is 0 Å². The number of methoxy groups -OCH3 is 2. The highest BCUT2D eigenvalue weighted by molar-refractivity contribution is 5.94. The lowest BCUT2D eigenvalue weighted by molar-refractivity contribution is -0.124. The molecule has 7 nitrogen and oxygen atoms in total. The lowest BCUT2D eigenvalue weighted by atomic mass is 9.98. The lowest BCUT2D eigenvalue weighted by Crippen LogP contribution is -2.33. The molecule has 0 fully saturated rings. The minimum atomic E-state index is -0.625. The highest BCUT2D eigenvalue weighted by Gasteiger charge is 2.20. The molecule has 172 valence electrons. The van der Waals surface area contributed by atoms with E-state index in [1.54, 1.807) is 38.5 Å². The summed E-state index contributed by atoms with van der Waals surface area (Å²) in [6.07, 6.45) is 0. The third-order valence-corrected chi connectivity index (χ3v) is 4.94. The zero-order valence-corrected chi connectivity index (χ0v) is 18.9. The molecule has 0 saturated carbocycles. The van der Waals surface area contributed by atoms with Crippen molar-refractivity contribution in [2.45, 2.75) is 13.0 Å². The third-order valence-electron chi connectivity index (χ3n) is 4.94. The molecule has 0 aliphatic carbocycles. The fourth-order valence-electron chi connectivity index (χ4n) is 3.28. The van der Waals surface area contributed by atoms with E-state index in [-0.39, 0.29) is 5.56 Å². The first-order chi connectivity index (χ1) is 16.0. The third kappa shape index (κ3) is 6.26. The molecule has 0 unspecified atom stereocenters. The molecule has 7 heteroatoms. The van der Waals surface area contributed by atoms with Crippen LogP contribution in [-0.2, 0) is 9.53 Å². The lowest BCUT2D eigenvalue weighted by Gasteiger charge is -2.20. The van der Waals surface area contributed by atoms with Crippen molar-refractivity contribution in [1.29, 1.82) is 0 Å². The van der Waals surface area contributed by atoms with Gasteiger partial charge >= 0.3 is 5.97 Å². The van der Waals surface area contributed by atoms with E-state index in [9.17, 15) is 9.59 Å². The predicted octanol–water partition coefficient (Wildman–Crippen LogP) is 4.17. The monoisotopic (exact) mass is 449 g/mol. The Bertz CT molecular complexity index is 1020. The topological polar surface area (TPSA) is 83.1 Å². The second-order valence-electron chi connectivity index (χ2n) is 7.05. The number of hydrogen-bond acceptors (Lipinski definition) is 6. The Kier molecular flexibility index (Phi) is 8.30. The van der Waals surface area contributed by atoms with Gasteiger partial charge in [-0.1, -0.05) is 36.4 Å². The van der Waals surface area contributed by atoms with Crippen LogP contribution in [0.2, 0.25) is 0 Å². The summed E-state index contributed by atoms with van der Waals surface area (Å²) >= 11 is 0. The zero-order valence-electron chi connectivity index (χ0n) is 18.9. The van der Waals surface area contributed by atoms with Crippen molar-refractivity contribution in [3.8, 4) is 17.2 Å². The summed E-state index contributed by atoms with van der Waals surface area (Å²) in [7, 11) is 3.19. The van der Waals surface area contributed by atoms with Gasteiger partial charge in [-0.25, -0.2) is 4.79 Å². The Balaban J connectivity index is 1.73. The van der Waals surface area contributed by atoms with E-state index in [2.05, 4.69) is 5.32 Å². The number of amides is 1. The molecule has 3 aromatic rings. The summed E-state index contributed by atoms with van der Waals surface area (Å²) < 4.78 is 21.2. The molecule has 0 aromatic heterocycles.